The molecule has 53 heavy (non-hydrogen) atoms. The van der Waals surface area contributed by atoms with Gasteiger partial charge in [0.2, 0.25) is 11.8 Å². The van der Waals surface area contributed by atoms with Gasteiger partial charge < -0.3 is 36.2 Å². The van der Waals surface area contributed by atoms with Gasteiger partial charge in [0.05, 0.1) is 33.2 Å². The molecule has 1 saturated heterocycles. The Morgan fingerprint density at radius 1 is 0.887 bits per heavy atom. The number of hydrogen-bond acceptors (Lipinski definition) is 11. The van der Waals surface area contributed by atoms with Crippen molar-refractivity contribution in [1.82, 2.24) is 10.2 Å². The number of hydrogen-bond donors (Lipinski definition) is 3. The van der Waals surface area contributed by atoms with E-state index in [-0.39, 0.29) is 120 Å². The molecule has 2 amide bonds. The molecule has 3 heterocycles. The van der Waals surface area contributed by atoms with Gasteiger partial charge in [-0.3, -0.25) is 14.4 Å². The zero-order valence-corrected chi connectivity index (χ0v) is 33.5. The number of Topliss-reactive ketones (excluding diaryl/α,β-unsaturated/α-hetero) is 1. The average Bonchev–Trinajstić information content (AvgIpc) is 3.40. The minimum atomic E-state index is -1.13. The van der Waals surface area contributed by atoms with Crippen LogP contribution in [0.25, 0.3) is 21.9 Å². The molecule has 0 aliphatic carbocycles. The number of thioether (sulfide) groups is 1. The van der Waals surface area contributed by atoms with Crippen molar-refractivity contribution < 1.29 is 66.1 Å². The molecule has 2 atom stereocenters. The van der Waals surface area contributed by atoms with Crippen molar-refractivity contribution in [3.8, 4) is 11.5 Å². The molecule has 13 heteroatoms. The smallest absolute Gasteiger partial charge is 0.344 e. The molecule has 5 aromatic rings. The van der Waals surface area contributed by atoms with E-state index in [0.29, 0.717) is 22.1 Å². The third-order valence-corrected chi connectivity index (χ3v) is 9.93. The van der Waals surface area contributed by atoms with E-state index in [0.717, 1.165) is 0 Å². The van der Waals surface area contributed by atoms with Crippen LogP contribution in [0.3, 0.4) is 0 Å². The number of fused-ring (bicyclic) bond motifs is 2. The maximum Gasteiger partial charge on any atom is 0.344 e. The van der Waals surface area contributed by atoms with Gasteiger partial charge in [-0.05, 0) is 24.3 Å². The first kappa shape index (κ1) is 41.7. The summed E-state index contributed by atoms with van der Waals surface area (Å²) in [4.78, 5) is 63.0. The number of imide groups is 1. The van der Waals surface area contributed by atoms with Gasteiger partial charge >= 0.3 is 11.3 Å². The minimum Gasteiger partial charge on any atom is -0.507 e. The first-order chi connectivity index (χ1) is 24.8. The van der Waals surface area contributed by atoms with Crippen LogP contribution in [0.1, 0.15) is 56.7 Å². The zero-order valence-electron chi connectivity index (χ0n) is 29.8. The van der Waals surface area contributed by atoms with Crippen molar-refractivity contribution in [1.29, 1.82) is 0 Å². The summed E-state index contributed by atoms with van der Waals surface area (Å²) >= 11 is 1.39. The number of aromatic hydroxyl groups is 2. The van der Waals surface area contributed by atoms with Crippen LogP contribution < -0.4 is 16.6 Å². The van der Waals surface area contributed by atoms with Crippen LogP contribution in [0.4, 0.5) is 0 Å². The van der Waals surface area contributed by atoms with Crippen LogP contribution in [0.5, 0.6) is 11.5 Å². The van der Waals surface area contributed by atoms with Crippen molar-refractivity contribution in [3.63, 3.8) is 0 Å². The van der Waals surface area contributed by atoms with Crippen molar-refractivity contribution >= 4 is 51.3 Å². The molecule has 275 valence electrons. The van der Waals surface area contributed by atoms with Crippen LogP contribution in [0.15, 0.2) is 91.2 Å². The van der Waals surface area contributed by atoms with Crippen molar-refractivity contribution in [2.24, 2.45) is 5.92 Å². The SMILES string of the molecule is O=c1oc2ccccc2c(O)c1C(c1cc[c-]cc1)c1c(O)c2ccccc2oc1=O.[CH2-]CN1C(=O)CC(SC[C@H](NC(C)C)C(=O)C(C)C)C1=O.[Y]. The number of benzene rings is 3. The first-order valence-corrected chi connectivity index (χ1v) is 17.9. The van der Waals surface area contributed by atoms with E-state index in [1.54, 1.807) is 72.8 Å². The van der Waals surface area contributed by atoms with Gasteiger partial charge in [0.1, 0.15) is 22.7 Å². The number of amides is 2. The summed E-state index contributed by atoms with van der Waals surface area (Å²) in [6.07, 6.45) is 0.212. The molecule has 0 saturated carbocycles. The summed E-state index contributed by atoms with van der Waals surface area (Å²) < 4.78 is 10.9. The fourth-order valence-electron chi connectivity index (χ4n) is 6.12. The molecular formula is C40H40N2O9SY-2. The summed E-state index contributed by atoms with van der Waals surface area (Å²) in [5, 5.41) is 25.6. The molecule has 1 fully saturated rings. The molecule has 2 aromatic heterocycles. The second kappa shape index (κ2) is 18.3. The van der Waals surface area contributed by atoms with Gasteiger partial charge in [-0.15, -0.1) is 17.3 Å². The Morgan fingerprint density at radius 2 is 1.40 bits per heavy atom. The predicted octanol–water partition coefficient (Wildman–Crippen LogP) is 5.56. The molecule has 0 spiro atoms. The minimum absolute atomic E-state index is 0. The maximum atomic E-state index is 13.0. The molecule has 1 unspecified atom stereocenters. The third kappa shape index (κ3) is 9.17. The second-order valence-electron chi connectivity index (χ2n) is 12.9. The molecule has 0 bridgehead atoms. The Balaban J connectivity index is 0.000000252. The monoisotopic (exact) mass is 813 g/mol. The van der Waals surface area contributed by atoms with Crippen LogP contribution in [-0.4, -0.2) is 62.3 Å². The van der Waals surface area contributed by atoms with Gasteiger partial charge in [-0.25, -0.2) is 9.59 Å². The quantitative estimate of drug-likeness (QED) is 0.0868. The van der Waals surface area contributed by atoms with Crippen LogP contribution in [0, 0.1) is 18.9 Å². The topological polar surface area (TPSA) is 167 Å². The summed E-state index contributed by atoms with van der Waals surface area (Å²) in [6.45, 7) is 11.5. The maximum absolute atomic E-state index is 13.0. The molecule has 1 aliphatic heterocycles. The fraction of sp³-hybridized carbons (Fsp3) is 0.300. The van der Waals surface area contributed by atoms with E-state index in [1.807, 2.05) is 27.7 Å². The normalized spacial score (nSPS) is 14.9. The van der Waals surface area contributed by atoms with Gasteiger partial charge in [0.25, 0.3) is 0 Å². The molecule has 3 aromatic carbocycles. The van der Waals surface area contributed by atoms with Crippen molar-refractivity contribution in [2.45, 2.75) is 57.4 Å². The molecule has 11 nitrogen and oxygen atoms in total. The molecule has 3 N–H and O–H groups in total. The van der Waals surface area contributed by atoms with Gasteiger partial charge in [-0.1, -0.05) is 58.5 Å². The number of rotatable bonds is 11. The van der Waals surface area contributed by atoms with Crippen LogP contribution in [0.2, 0.25) is 0 Å². The van der Waals surface area contributed by atoms with Gasteiger partial charge in [-0.2, -0.15) is 30.3 Å². The van der Waals surface area contributed by atoms with E-state index in [9.17, 15) is 34.2 Å². The largest absolute Gasteiger partial charge is 0.507 e. The van der Waals surface area contributed by atoms with E-state index in [1.165, 1.54) is 16.7 Å². The van der Waals surface area contributed by atoms with Gasteiger partial charge in [0, 0.05) is 62.8 Å². The van der Waals surface area contributed by atoms with Gasteiger partial charge in [0.15, 0.2) is 5.78 Å². The third-order valence-electron chi connectivity index (χ3n) is 8.63. The van der Waals surface area contributed by atoms with Crippen molar-refractivity contribution in [2.75, 3.05) is 12.3 Å². The summed E-state index contributed by atoms with van der Waals surface area (Å²) in [7, 11) is 0. The zero-order chi connectivity index (χ0) is 37.7. The fourth-order valence-corrected chi connectivity index (χ4v) is 7.34. The Hall–Kier alpha value is -4.10. The number of carbonyl (C=O) groups excluding carboxylic acids is 3. The Bertz CT molecular complexity index is 2120. The Morgan fingerprint density at radius 3 is 1.85 bits per heavy atom. The Labute approximate surface area is 336 Å². The molecule has 6 rings (SSSR count). The summed E-state index contributed by atoms with van der Waals surface area (Å²) in [6, 6.07) is 22.4. The number of carbonyl (C=O) groups is 3. The second-order valence-corrected chi connectivity index (χ2v) is 14.1. The van der Waals surface area contributed by atoms with E-state index < -0.39 is 17.2 Å². The molecule has 1 radical (unpaired) electrons. The molecular weight excluding hydrogens is 773 g/mol. The number of para-hydroxylation sites is 2. The Kier molecular flexibility index (Phi) is 14.4. The van der Waals surface area contributed by atoms with E-state index in [4.69, 9.17) is 8.83 Å². The van der Waals surface area contributed by atoms with E-state index >= 15 is 0 Å². The average molecular weight is 814 g/mol. The summed E-state index contributed by atoms with van der Waals surface area (Å²) in [5.41, 5.74) is -1.06. The van der Waals surface area contributed by atoms with E-state index in [2.05, 4.69) is 18.3 Å². The molecule has 1 aliphatic rings. The predicted molar refractivity (Wildman–Crippen MR) is 199 cm³/mol. The number of ketones is 1. The first-order valence-electron chi connectivity index (χ1n) is 16.8. The number of likely N-dealkylation sites (tertiary alicyclic amines) is 1. The standard InChI is InChI=1S/C25H15O6.C15H25N2O3S.Y/c26-22-15-10-4-6-12-17(15)30-24(28)20(22)19(14-8-2-1-3-9-14)21-23(27)16-11-5-7-13-18(16)31-25(21)29;1-6-17-13(18)7-12(15(17)20)21-8-11(16-10(4)5)14(19)9(2)3;/h2-13,19,26-27H;9-12,16H,1,6-8H2,2-5H3;/q2*-1;/t;11-,12?;/m.0./s1. The van der Waals surface area contributed by atoms with Crippen LogP contribution >= 0.6 is 11.8 Å². The van der Waals surface area contributed by atoms with Crippen LogP contribution in [-0.2, 0) is 47.1 Å². The van der Waals surface area contributed by atoms with Crippen molar-refractivity contribution in [3.05, 3.63) is 123 Å². The summed E-state index contributed by atoms with van der Waals surface area (Å²) in [5.74, 6) is -1.54. The number of nitrogens with zero attached hydrogens (tertiary/aromatic N) is 1. The number of nitrogens with one attached hydrogen (secondary N) is 1.